The van der Waals surface area contributed by atoms with Crippen LogP contribution in [0.5, 0.6) is 23.0 Å². The maximum atomic E-state index is 13.7. The van der Waals surface area contributed by atoms with E-state index in [-0.39, 0.29) is 24.1 Å². The highest BCUT2D eigenvalue weighted by molar-refractivity contribution is 6.08. The Bertz CT molecular complexity index is 1010. The third-order valence-corrected chi connectivity index (χ3v) is 6.55. The van der Waals surface area contributed by atoms with Crippen molar-refractivity contribution >= 4 is 11.8 Å². The zero-order chi connectivity index (χ0) is 21.6. The number of ketones is 1. The van der Waals surface area contributed by atoms with Crippen LogP contribution in [0.3, 0.4) is 0 Å². The van der Waals surface area contributed by atoms with Crippen molar-refractivity contribution in [3.63, 3.8) is 0 Å². The number of phenolic OH excluding ortho intramolecular Hbond substituents is 1. The largest absolute Gasteiger partial charge is 0.508 e. The van der Waals surface area contributed by atoms with Gasteiger partial charge in [-0.3, -0.25) is 9.59 Å². The third kappa shape index (κ3) is 2.72. The second kappa shape index (κ2) is 7.23. The van der Waals surface area contributed by atoms with Gasteiger partial charge < -0.3 is 24.1 Å². The van der Waals surface area contributed by atoms with Crippen LogP contribution in [0.15, 0.2) is 36.4 Å². The minimum atomic E-state index is -1.05. The molecule has 2 aliphatic rings. The smallest absolute Gasteiger partial charge is 0.316 e. The first kappa shape index (κ1) is 20.1. The number of ether oxygens (including phenoxy) is 4. The molecule has 0 amide bonds. The first-order valence-corrected chi connectivity index (χ1v) is 9.67. The average Bonchev–Trinajstić information content (AvgIpc) is 3.00. The Balaban J connectivity index is 1.89. The Morgan fingerprint density at radius 1 is 1.10 bits per heavy atom. The molecule has 2 aromatic rings. The van der Waals surface area contributed by atoms with E-state index in [9.17, 15) is 14.7 Å². The van der Waals surface area contributed by atoms with Crippen LogP contribution in [0, 0.1) is 11.8 Å². The molecule has 1 aliphatic carbocycles. The molecule has 0 aromatic heterocycles. The number of hydrogen-bond acceptors (Lipinski definition) is 7. The fourth-order valence-corrected chi connectivity index (χ4v) is 4.93. The molecule has 158 valence electrons. The quantitative estimate of drug-likeness (QED) is 0.610. The highest BCUT2D eigenvalue weighted by atomic mass is 16.5. The summed E-state index contributed by atoms with van der Waals surface area (Å²) in [6, 6.07) is 10.2. The maximum absolute atomic E-state index is 13.7. The molecule has 1 aliphatic heterocycles. The van der Waals surface area contributed by atoms with Gasteiger partial charge in [-0.25, -0.2) is 0 Å². The molecule has 0 saturated heterocycles. The van der Waals surface area contributed by atoms with Gasteiger partial charge in [-0.2, -0.15) is 0 Å². The van der Waals surface area contributed by atoms with Gasteiger partial charge in [0.2, 0.25) is 0 Å². The fourth-order valence-electron chi connectivity index (χ4n) is 4.93. The molecular formula is C23H24O7. The molecule has 0 radical (unpaired) electrons. The van der Waals surface area contributed by atoms with Crippen molar-refractivity contribution in [3.05, 3.63) is 47.5 Å². The van der Waals surface area contributed by atoms with Gasteiger partial charge in [-0.15, -0.1) is 0 Å². The van der Waals surface area contributed by atoms with E-state index in [1.54, 1.807) is 31.4 Å². The van der Waals surface area contributed by atoms with E-state index in [4.69, 9.17) is 18.9 Å². The number of esters is 1. The zero-order valence-electron chi connectivity index (χ0n) is 17.3. The van der Waals surface area contributed by atoms with Gasteiger partial charge in [-0.05, 0) is 24.6 Å². The lowest BCUT2D eigenvalue weighted by molar-refractivity contribution is -0.149. The van der Waals surface area contributed by atoms with E-state index in [1.165, 1.54) is 20.3 Å². The number of fused-ring (bicyclic) bond motifs is 3. The van der Waals surface area contributed by atoms with Crippen LogP contribution in [0.25, 0.3) is 0 Å². The van der Waals surface area contributed by atoms with Crippen LogP contribution < -0.4 is 14.2 Å². The highest BCUT2D eigenvalue weighted by Gasteiger charge is 2.64. The summed E-state index contributed by atoms with van der Waals surface area (Å²) >= 11 is 0. The lowest BCUT2D eigenvalue weighted by Crippen LogP contribution is -2.42. The van der Waals surface area contributed by atoms with E-state index >= 15 is 0 Å². The van der Waals surface area contributed by atoms with E-state index in [2.05, 4.69) is 0 Å². The summed E-state index contributed by atoms with van der Waals surface area (Å²) in [6.45, 7) is 2.05. The Labute approximate surface area is 174 Å². The highest BCUT2D eigenvalue weighted by Crippen LogP contribution is 2.59. The second-order valence-corrected chi connectivity index (χ2v) is 7.80. The Morgan fingerprint density at radius 2 is 1.77 bits per heavy atom. The summed E-state index contributed by atoms with van der Waals surface area (Å²) in [6.07, 6.45) is 0. The van der Waals surface area contributed by atoms with Gasteiger partial charge in [0.15, 0.2) is 5.78 Å². The molecule has 0 bridgehead atoms. The second-order valence-electron chi connectivity index (χ2n) is 7.80. The standard InChI is InChI=1S/C23H24O7/c1-23-15-8-6-13(28-3)10-18(15)30-11-16(23)19(20(21(23)25)22(26)29-4)14-7-5-12(27-2)9-17(14)24/h5-10,16,19-20,24H,11H2,1-4H3. The first-order valence-electron chi connectivity index (χ1n) is 9.67. The third-order valence-electron chi connectivity index (χ3n) is 6.55. The molecule has 7 heteroatoms. The van der Waals surface area contributed by atoms with Crippen molar-refractivity contribution in [3.8, 4) is 23.0 Å². The number of aromatic hydroxyl groups is 1. The molecule has 4 rings (SSSR count). The van der Waals surface area contributed by atoms with Crippen LogP contribution in [0.1, 0.15) is 24.0 Å². The predicted octanol–water partition coefficient (Wildman–Crippen LogP) is 2.83. The van der Waals surface area contributed by atoms with Crippen molar-refractivity contribution in [1.82, 2.24) is 0 Å². The molecular weight excluding hydrogens is 388 g/mol. The molecule has 30 heavy (non-hydrogen) atoms. The summed E-state index contributed by atoms with van der Waals surface area (Å²) in [7, 11) is 4.33. The lowest BCUT2D eigenvalue weighted by atomic mass is 9.69. The summed E-state index contributed by atoms with van der Waals surface area (Å²) in [5.74, 6) is -1.26. The van der Waals surface area contributed by atoms with Gasteiger partial charge in [0.25, 0.3) is 0 Å². The number of phenols is 1. The topological polar surface area (TPSA) is 91.3 Å². The summed E-state index contributed by atoms with van der Waals surface area (Å²) < 4.78 is 21.4. The number of methoxy groups -OCH3 is 3. The van der Waals surface area contributed by atoms with Gasteiger partial charge in [-0.1, -0.05) is 12.1 Å². The van der Waals surface area contributed by atoms with E-state index in [0.29, 0.717) is 28.4 Å². The molecule has 1 N–H and O–H groups in total. The number of hydrogen-bond donors (Lipinski definition) is 1. The summed E-state index contributed by atoms with van der Waals surface area (Å²) in [4.78, 5) is 26.4. The fraction of sp³-hybridized carbons (Fsp3) is 0.391. The monoisotopic (exact) mass is 412 g/mol. The Kier molecular flexibility index (Phi) is 4.84. The molecule has 1 heterocycles. The van der Waals surface area contributed by atoms with Crippen LogP contribution in [-0.4, -0.2) is 44.8 Å². The van der Waals surface area contributed by atoms with Crippen molar-refractivity contribution in [2.24, 2.45) is 11.8 Å². The molecule has 0 spiro atoms. The van der Waals surface area contributed by atoms with Crippen LogP contribution >= 0.6 is 0 Å². The van der Waals surface area contributed by atoms with Crippen molar-refractivity contribution < 1.29 is 33.6 Å². The molecule has 4 unspecified atom stereocenters. The first-order chi connectivity index (χ1) is 14.4. The molecule has 2 aromatic carbocycles. The van der Waals surface area contributed by atoms with Crippen molar-refractivity contribution in [1.29, 1.82) is 0 Å². The number of carbonyl (C=O) groups excluding carboxylic acids is 2. The van der Waals surface area contributed by atoms with Crippen LogP contribution in [-0.2, 0) is 19.7 Å². The van der Waals surface area contributed by atoms with Gasteiger partial charge in [0.05, 0.1) is 33.4 Å². The normalized spacial score (nSPS) is 26.9. The lowest BCUT2D eigenvalue weighted by Gasteiger charge is -2.38. The van der Waals surface area contributed by atoms with Crippen LogP contribution in [0.2, 0.25) is 0 Å². The van der Waals surface area contributed by atoms with Crippen LogP contribution in [0.4, 0.5) is 0 Å². The molecule has 1 saturated carbocycles. The SMILES string of the molecule is COC(=O)C1C(=O)C2(C)c3ccc(OC)cc3OCC2C1c1ccc(OC)cc1O. The summed E-state index contributed by atoms with van der Waals surface area (Å²) in [5.41, 5.74) is 0.221. The van der Waals surface area contributed by atoms with Crippen molar-refractivity contribution in [2.75, 3.05) is 27.9 Å². The van der Waals surface area contributed by atoms with Gasteiger partial charge in [0.1, 0.15) is 28.9 Å². The Morgan fingerprint density at radius 3 is 2.40 bits per heavy atom. The zero-order valence-corrected chi connectivity index (χ0v) is 17.3. The molecule has 4 atom stereocenters. The Hall–Kier alpha value is -3.22. The number of carbonyl (C=O) groups is 2. The minimum Gasteiger partial charge on any atom is -0.508 e. The van der Waals surface area contributed by atoms with Crippen molar-refractivity contribution in [2.45, 2.75) is 18.3 Å². The number of Topliss-reactive ketones (excluding diaryl/α,β-unsaturated/α-hetero) is 1. The van der Waals surface area contributed by atoms with E-state index < -0.39 is 23.2 Å². The molecule has 7 nitrogen and oxygen atoms in total. The predicted molar refractivity (Wildman–Crippen MR) is 107 cm³/mol. The number of rotatable bonds is 4. The summed E-state index contributed by atoms with van der Waals surface area (Å²) in [5, 5.41) is 10.7. The van der Waals surface area contributed by atoms with Gasteiger partial charge in [0, 0.05) is 29.5 Å². The van der Waals surface area contributed by atoms with Gasteiger partial charge >= 0.3 is 5.97 Å². The maximum Gasteiger partial charge on any atom is 0.316 e. The van der Waals surface area contributed by atoms with E-state index in [1.807, 2.05) is 13.0 Å². The average molecular weight is 412 g/mol. The molecule has 1 fully saturated rings. The number of benzene rings is 2. The van der Waals surface area contributed by atoms with E-state index in [0.717, 1.165) is 0 Å². The minimum absolute atomic E-state index is 0.0363.